The van der Waals surface area contributed by atoms with Crippen LogP contribution in [0.15, 0.2) is 82.0 Å². The lowest BCUT2D eigenvalue weighted by Crippen LogP contribution is -2.20. The summed E-state index contributed by atoms with van der Waals surface area (Å²) in [5, 5.41) is 5.38. The van der Waals surface area contributed by atoms with Gasteiger partial charge in [0.1, 0.15) is 0 Å². The topological polar surface area (TPSA) is 84.2 Å². The lowest BCUT2D eigenvalue weighted by Gasteiger charge is -2.12. The Labute approximate surface area is 173 Å². The molecule has 1 heterocycles. The van der Waals surface area contributed by atoms with Gasteiger partial charge in [-0.05, 0) is 48.5 Å². The number of alkyl halides is 3. The fraction of sp³-hybridized carbons (Fsp3) is 0.0455. The Balaban J connectivity index is 1.58. The third-order valence-corrected chi connectivity index (χ3v) is 4.41. The van der Waals surface area contributed by atoms with Gasteiger partial charge >= 0.3 is 17.8 Å². The summed E-state index contributed by atoms with van der Waals surface area (Å²) in [6.07, 6.45) is -4.46. The first kappa shape index (κ1) is 20.1. The van der Waals surface area contributed by atoms with Gasteiger partial charge in [0.05, 0.1) is 27.7 Å². The van der Waals surface area contributed by atoms with Crippen LogP contribution in [0.5, 0.6) is 0 Å². The van der Waals surface area contributed by atoms with Crippen LogP contribution in [0.1, 0.15) is 5.56 Å². The number of nitrogens with zero attached hydrogens (tertiary/aromatic N) is 1. The van der Waals surface area contributed by atoms with Crippen molar-refractivity contribution in [3.8, 4) is 11.5 Å². The zero-order valence-electron chi connectivity index (χ0n) is 15.7. The molecule has 0 saturated heterocycles. The Morgan fingerprint density at radius 3 is 2.29 bits per heavy atom. The standard InChI is InChI=1S/C22H14F3N3O3/c23-22(24,25)13-9-11-14(12-10-13)26-21(30)28-17-7-3-1-5-15(17)19-27-18-8-4-2-6-16(18)20(29)31-19/h1-12H,(H2,26,28,30). The Bertz CT molecular complexity index is 1320. The summed E-state index contributed by atoms with van der Waals surface area (Å²) in [6, 6.07) is 16.6. The molecule has 4 aromatic rings. The minimum atomic E-state index is -4.46. The van der Waals surface area contributed by atoms with Crippen molar-refractivity contribution in [3.05, 3.63) is 88.8 Å². The molecule has 0 bridgehead atoms. The van der Waals surface area contributed by atoms with Crippen molar-refractivity contribution >= 4 is 28.3 Å². The summed E-state index contributed by atoms with van der Waals surface area (Å²) in [6.45, 7) is 0. The van der Waals surface area contributed by atoms with Crippen molar-refractivity contribution in [3.63, 3.8) is 0 Å². The van der Waals surface area contributed by atoms with Crippen LogP contribution in [0.4, 0.5) is 29.3 Å². The fourth-order valence-electron chi connectivity index (χ4n) is 2.94. The number of urea groups is 1. The number of fused-ring (bicyclic) bond motifs is 1. The molecule has 0 atom stereocenters. The van der Waals surface area contributed by atoms with E-state index >= 15 is 0 Å². The second-order valence-electron chi connectivity index (χ2n) is 6.52. The van der Waals surface area contributed by atoms with Crippen LogP contribution < -0.4 is 16.3 Å². The van der Waals surface area contributed by atoms with E-state index < -0.39 is 23.4 Å². The number of nitrogens with one attached hydrogen (secondary N) is 2. The lowest BCUT2D eigenvalue weighted by atomic mass is 10.1. The predicted molar refractivity (Wildman–Crippen MR) is 110 cm³/mol. The van der Waals surface area contributed by atoms with E-state index in [0.717, 1.165) is 24.3 Å². The molecule has 0 aliphatic carbocycles. The van der Waals surface area contributed by atoms with Crippen LogP contribution in [0, 0.1) is 0 Å². The van der Waals surface area contributed by atoms with Gasteiger partial charge in [-0.25, -0.2) is 14.6 Å². The van der Waals surface area contributed by atoms with Gasteiger partial charge in [0, 0.05) is 5.69 Å². The molecule has 31 heavy (non-hydrogen) atoms. The second kappa shape index (κ2) is 7.94. The van der Waals surface area contributed by atoms with Crippen molar-refractivity contribution < 1.29 is 22.4 Å². The molecule has 0 aliphatic rings. The van der Waals surface area contributed by atoms with E-state index in [0.29, 0.717) is 22.2 Å². The molecule has 4 rings (SSSR count). The van der Waals surface area contributed by atoms with Crippen LogP contribution >= 0.6 is 0 Å². The zero-order valence-corrected chi connectivity index (χ0v) is 15.7. The van der Waals surface area contributed by atoms with E-state index in [1.165, 1.54) is 0 Å². The SMILES string of the molecule is O=C(Nc1ccc(C(F)(F)F)cc1)Nc1ccccc1-c1nc2ccccc2c(=O)o1. The molecule has 0 unspecified atom stereocenters. The number of hydrogen-bond acceptors (Lipinski definition) is 4. The predicted octanol–water partition coefficient (Wildman–Crippen LogP) is 5.52. The molecule has 0 aliphatic heterocycles. The number of anilines is 2. The van der Waals surface area contributed by atoms with Gasteiger partial charge in [-0.15, -0.1) is 0 Å². The molecule has 0 radical (unpaired) electrons. The van der Waals surface area contributed by atoms with Gasteiger partial charge < -0.3 is 15.1 Å². The van der Waals surface area contributed by atoms with Crippen molar-refractivity contribution in [2.24, 2.45) is 0 Å². The smallest absolute Gasteiger partial charge is 0.403 e. The fourth-order valence-corrected chi connectivity index (χ4v) is 2.94. The van der Waals surface area contributed by atoms with Crippen LogP contribution in [0.2, 0.25) is 0 Å². The maximum Gasteiger partial charge on any atom is 0.416 e. The molecule has 1 aromatic heterocycles. The van der Waals surface area contributed by atoms with Gasteiger partial charge in [-0.1, -0.05) is 24.3 Å². The van der Waals surface area contributed by atoms with Gasteiger partial charge in [0.15, 0.2) is 0 Å². The molecule has 0 fully saturated rings. The van der Waals surface area contributed by atoms with Crippen LogP contribution in [0.25, 0.3) is 22.4 Å². The molecule has 9 heteroatoms. The number of carbonyl (C=O) groups excluding carboxylic acids is 1. The number of amides is 2. The highest BCUT2D eigenvalue weighted by Crippen LogP contribution is 2.30. The maximum absolute atomic E-state index is 12.7. The molecule has 6 nitrogen and oxygen atoms in total. The minimum Gasteiger partial charge on any atom is -0.403 e. The van der Waals surface area contributed by atoms with E-state index in [2.05, 4.69) is 15.6 Å². The van der Waals surface area contributed by atoms with Crippen molar-refractivity contribution in [1.82, 2.24) is 4.98 Å². The average molecular weight is 425 g/mol. The van der Waals surface area contributed by atoms with Crippen LogP contribution in [-0.4, -0.2) is 11.0 Å². The first-order valence-electron chi connectivity index (χ1n) is 9.06. The highest BCUT2D eigenvalue weighted by atomic mass is 19.4. The molecule has 2 N–H and O–H groups in total. The Hall–Kier alpha value is -4.14. The molecule has 3 aromatic carbocycles. The highest BCUT2D eigenvalue weighted by molar-refractivity contribution is 6.02. The lowest BCUT2D eigenvalue weighted by molar-refractivity contribution is -0.137. The Morgan fingerprint density at radius 2 is 1.55 bits per heavy atom. The maximum atomic E-state index is 12.7. The number of hydrogen-bond donors (Lipinski definition) is 2. The number of rotatable bonds is 3. The zero-order chi connectivity index (χ0) is 22.0. The number of carbonyl (C=O) groups is 1. The van der Waals surface area contributed by atoms with Crippen molar-refractivity contribution in [2.75, 3.05) is 10.6 Å². The third kappa shape index (κ3) is 4.40. The first-order valence-corrected chi connectivity index (χ1v) is 9.06. The normalized spacial score (nSPS) is 11.3. The van der Waals surface area contributed by atoms with E-state index in [-0.39, 0.29) is 11.6 Å². The summed E-state index contributed by atoms with van der Waals surface area (Å²) in [5.41, 5.74) is -0.0901. The molecule has 0 spiro atoms. The molecule has 0 saturated carbocycles. The second-order valence-corrected chi connectivity index (χ2v) is 6.52. The molecule has 2 amide bonds. The minimum absolute atomic E-state index is 0.0223. The monoisotopic (exact) mass is 425 g/mol. The number of para-hydroxylation sites is 2. The van der Waals surface area contributed by atoms with Gasteiger partial charge in [0.25, 0.3) is 0 Å². The number of benzene rings is 3. The van der Waals surface area contributed by atoms with Crippen LogP contribution in [0.3, 0.4) is 0 Å². The third-order valence-electron chi connectivity index (χ3n) is 4.41. The largest absolute Gasteiger partial charge is 0.416 e. The summed E-state index contributed by atoms with van der Waals surface area (Å²) < 4.78 is 43.3. The van der Waals surface area contributed by atoms with Gasteiger partial charge in [0.2, 0.25) is 5.89 Å². The van der Waals surface area contributed by atoms with E-state index in [1.54, 1.807) is 48.5 Å². The van der Waals surface area contributed by atoms with Crippen LogP contribution in [-0.2, 0) is 6.18 Å². The molecular weight excluding hydrogens is 411 g/mol. The average Bonchev–Trinajstić information content (AvgIpc) is 2.74. The van der Waals surface area contributed by atoms with Gasteiger partial charge in [-0.2, -0.15) is 13.2 Å². The van der Waals surface area contributed by atoms with E-state index in [4.69, 9.17) is 4.42 Å². The summed E-state index contributed by atoms with van der Waals surface area (Å²) in [5.74, 6) is 0.0223. The summed E-state index contributed by atoms with van der Waals surface area (Å²) in [4.78, 5) is 29.0. The van der Waals surface area contributed by atoms with Gasteiger partial charge in [-0.3, -0.25) is 0 Å². The van der Waals surface area contributed by atoms with Crippen molar-refractivity contribution in [2.45, 2.75) is 6.18 Å². The highest BCUT2D eigenvalue weighted by Gasteiger charge is 2.30. The Morgan fingerprint density at radius 1 is 0.871 bits per heavy atom. The molecule has 156 valence electrons. The first-order chi connectivity index (χ1) is 14.8. The number of aromatic nitrogens is 1. The summed E-state index contributed by atoms with van der Waals surface area (Å²) in [7, 11) is 0. The van der Waals surface area contributed by atoms with E-state index in [9.17, 15) is 22.8 Å². The van der Waals surface area contributed by atoms with E-state index in [1.807, 2.05) is 0 Å². The molecular formula is C22H14F3N3O3. The summed E-state index contributed by atoms with van der Waals surface area (Å²) >= 11 is 0. The van der Waals surface area contributed by atoms with Crippen molar-refractivity contribution in [1.29, 1.82) is 0 Å². The quantitative estimate of drug-likeness (QED) is 0.453. The Kier molecular flexibility index (Phi) is 5.16. The number of halogens is 3.